The van der Waals surface area contributed by atoms with Crippen LogP contribution < -0.4 is 4.74 Å². The molecular formula is C20H12F2N4O2. The van der Waals surface area contributed by atoms with Crippen LogP contribution in [0.4, 0.5) is 8.78 Å². The molecule has 0 radical (unpaired) electrons. The zero-order chi connectivity index (χ0) is 19.8. The van der Waals surface area contributed by atoms with Crippen molar-refractivity contribution in [2.45, 2.75) is 0 Å². The van der Waals surface area contributed by atoms with E-state index in [1.54, 1.807) is 12.1 Å². The predicted octanol–water partition coefficient (Wildman–Crippen LogP) is 3.93. The Balaban J connectivity index is 2.04. The summed E-state index contributed by atoms with van der Waals surface area (Å²) < 4.78 is 34.8. The number of nitrogens with zero attached hydrogens (tertiary/aromatic N) is 4. The van der Waals surface area contributed by atoms with Crippen LogP contribution in [-0.4, -0.2) is 26.6 Å². The van der Waals surface area contributed by atoms with Gasteiger partial charge in [0, 0.05) is 18.0 Å². The average molecular weight is 378 g/mol. The number of imidazole rings is 1. The molecule has 28 heavy (non-hydrogen) atoms. The third-order valence-corrected chi connectivity index (χ3v) is 4.33. The van der Waals surface area contributed by atoms with E-state index in [0.717, 1.165) is 6.07 Å². The first-order chi connectivity index (χ1) is 13.5. The molecule has 0 fully saturated rings. The molecule has 138 valence electrons. The van der Waals surface area contributed by atoms with Gasteiger partial charge >= 0.3 is 0 Å². The first-order valence-electron chi connectivity index (χ1n) is 8.13. The molecule has 0 amide bonds. The number of ether oxygens (including phenoxy) is 1. The fourth-order valence-corrected chi connectivity index (χ4v) is 3.02. The minimum Gasteiger partial charge on any atom is -0.494 e. The molecule has 0 bridgehead atoms. The Hall–Kier alpha value is -3.99. The van der Waals surface area contributed by atoms with Crippen LogP contribution in [-0.2, 0) is 0 Å². The Bertz CT molecular complexity index is 1260. The first-order valence-corrected chi connectivity index (χ1v) is 8.13. The van der Waals surface area contributed by atoms with E-state index in [1.165, 1.54) is 48.2 Å². The summed E-state index contributed by atoms with van der Waals surface area (Å²) in [7, 11) is 1.36. The standard InChI is InChI=1S/C20H12F2N4O2/c1-28-16-5-4-11(8-15(16)22)17-18(12-2-3-13(10-23)14(21)9-12)25-20(27)26-7-6-24-19(17)26/h2-9H,1H3,(H,25,27). The molecule has 4 rings (SSSR count). The van der Waals surface area contributed by atoms with Gasteiger partial charge in [-0.1, -0.05) is 12.1 Å². The summed E-state index contributed by atoms with van der Waals surface area (Å²) in [6.45, 7) is 0. The Morgan fingerprint density at radius 2 is 1.86 bits per heavy atom. The van der Waals surface area contributed by atoms with Gasteiger partial charge in [0.2, 0.25) is 0 Å². The van der Waals surface area contributed by atoms with E-state index in [0.29, 0.717) is 22.3 Å². The van der Waals surface area contributed by atoms with Crippen molar-refractivity contribution in [1.82, 2.24) is 14.4 Å². The molecule has 0 aliphatic heterocycles. The molecule has 0 saturated carbocycles. The molecule has 0 aliphatic carbocycles. The van der Waals surface area contributed by atoms with E-state index < -0.39 is 11.6 Å². The number of fused-ring (bicyclic) bond motifs is 1. The smallest absolute Gasteiger partial charge is 0.300 e. The summed E-state index contributed by atoms with van der Waals surface area (Å²) in [6.07, 6.45) is 2.97. The van der Waals surface area contributed by atoms with E-state index in [2.05, 4.69) is 9.97 Å². The number of aromatic nitrogens is 3. The first kappa shape index (κ1) is 17.4. The van der Waals surface area contributed by atoms with Crippen molar-refractivity contribution in [2.75, 3.05) is 7.11 Å². The van der Waals surface area contributed by atoms with E-state index in [9.17, 15) is 13.9 Å². The number of hydrogen-bond donors (Lipinski definition) is 1. The van der Waals surface area contributed by atoms with Gasteiger partial charge in [0.25, 0.3) is 6.01 Å². The molecule has 0 saturated heterocycles. The lowest BCUT2D eigenvalue weighted by Crippen LogP contribution is -1.99. The van der Waals surface area contributed by atoms with Gasteiger partial charge in [-0.15, -0.1) is 0 Å². The van der Waals surface area contributed by atoms with Gasteiger partial charge in [0.15, 0.2) is 17.2 Å². The van der Waals surface area contributed by atoms with Crippen LogP contribution in [0, 0.1) is 23.0 Å². The lowest BCUT2D eigenvalue weighted by molar-refractivity contribution is 0.386. The van der Waals surface area contributed by atoms with Crippen molar-refractivity contribution in [1.29, 1.82) is 5.26 Å². The normalized spacial score (nSPS) is 10.8. The molecular weight excluding hydrogens is 366 g/mol. The highest BCUT2D eigenvalue weighted by atomic mass is 19.1. The van der Waals surface area contributed by atoms with Gasteiger partial charge in [-0.05, 0) is 29.8 Å². The third kappa shape index (κ3) is 2.70. The van der Waals surface area contributed by atoms with Crippen molar-refractivity contribution in [3.05, 3.63) is 66.0 Å². The maximum Gasteiger partial charge on any atom is 0.300 e. The molecule has 0 spiro atoms. The monoisotopic (exact) mass is 378 g/mol. The molecule has 1 N–H and O–H groups in total. The summed E-state index contributed by atoms with van der Waals surface area (Å²) in [5, 5.41) is 19.2. The summed E-state index contributed by atoms with van der Waals surface area (Å²) >= 11 is 0. The predicted molar refractivity (Wildman–Crippen MR) is 96.7 cm³/mol. The molecule has 2 aromatic carbocycles. The lowest BCUT2D eigenvalue weighted by Gasteiger charge is -2.13. The highest BCUT2D eigenvalue weighted by Gasteiger charge is 2.20. The quantitative estimate of drug-likeness (QED) is 0.584. The van der Waals surface area contributed by atoms with E-state index in [-0.39, 0.29) is 23.0 Å². The number of rotatable bonds is 3. The van der Waals surface area contributed by atoms with Crippen molar-refractivity contribution in [2.24, 2.45) is 0 Å². The second-order valence-corrected chi connectivity index (χ2v) is 5.91. The Kier molecular flexibility index (Phi) is 4.12. The number of methoxy groups -OCH3 is 1. The minimum absolute atomic E-state index is 0.0702. The summed E-state index contributed by atoms with van der Waals surface area (Å²) in [4.78, 5) is 8.40. The van der Waals surface area contributed by atoms with Crippen LogP contribution in [0.15, 0.2) is 48.8 Å². The molecule has 6 nitrogen and oxygen atoms in total. The van der Waals surface area contributed by atoms with Gasteiger partial charge in [-0.3, -0.25) is 4.40 Å². The summed E-state index contributed by atoms with van der Waals surface area (Å²) in [5.74, 6) is -1.24. The van der Waals surface area contributed by atoms with Gasteiger partial charge in [-0.25, -0.2) is 13.8 Å². The molecule has 2 aromatic heterocycles. The van der Waals surface area contributed by atoms with Crippen molar-refractivity contribution < 1.29 is 18.6 Å². The van der Waals surface area contributed by atoms with Crippen LogP contribution in [0.1, 0.15) is 5.56 Å². The lowest BCUT2D eigenvalue weighted by atomic mass is 9.99. The average Bonchev–Trinajstić information content (AvgIpc) is 3.18. The van der Waals surface area contributed by atoms with Gasteiger partial charge in [0.05, 0.1) is 23.9 Å². The number of halogens is 2. The zero-order valence-electron chi connectivity index (χ0n) is 14.5. The van der Waals surface area contributed by atoms with Crippen LogP contribution >= 0.6 is 0 Å². The minimum atomic E-state index is -0.726. The fourth-order valence-electron chi connectivity index (χ4n) is 3.02. The molecule has 4 aromatic rings. The van der Waals surface area contributed by atoms with Crippen LogP contribution in [0.3, 0.4) is 0 Å². The highest BCUT2D eigenvalue weighted by molar-refractivity contribution is 5.90. The second kappa shape index (κ2) is 6.63. The maximum atomic E-state index is 14.3. The zero-order valence-corrected chi connectivity index (χ0v) is 14.5. The van der Waals surface area contributed by atoms with Gasteiger partial charge in [0.1, 0.15) is 11.9 Å². The van der Waals surface area contributed by atoms with Crippen molar-refractivity contribution in [3.8, 4) is 40.2 Å². The van der Waals surface area contributed by atoms with Crippen LogP contribution in [0.25, 0.3) is 28.0 Å². The van der Waals surface area contributed by atoms with Crippen molar-refractivity contribution >= 4 is 5.65 Å². The van der Waals surface area contributed by atoms with Crippen LogP contribution in [0.2, 0.25) is 0 Å². The summed E-state index contributed by atoms with van der Waals surface area (Å²) in [6, 6.07) is 9.69. The van der Waals surface area contributed by atoms with Crippen LogP contribution in [0.5, 0.6) is 11.8 Å². The largest absolute Gasteiger partial charge is 0.494 e. The topological polar surface area (TPSA) is 83.4 Å². The molecule has 0 atom stereocenters. The number of hydrogen-bond acceptors (Lipinski definition) is 5. The maximum absolute atomic E-state index is 14.3. The molecule has 0 aliphatic rings. The Labute approximate surface area is 157 Å². The SMILES string of the molecule is COc1ccc(-c2c(-c3ccc(C#N)c(F)c3)nc(O)n3ccnc23)cc1F. The third-order valence-electron chi connectivity index (χ3n) is 4.33. The molecule has 2 heterocycles. The van der Waals surface area contributed by atoms with Gasteiger partial charge < -0.3 is 9.84 Å². The number of nitriles is 1. The molecule has 8 heteroatoms. The van der Waals surface area contributed by atoms with Gasteiger partial charge in [-0.2, -0.15) is 10.2 Å². The van der Waals surface area contributed by atoms with E-state index in [1.807, 2.05) is 0 Å². The second-order valence-electron chi connectivity index (χ2n) is 5.91. The Morgan fingerprint density at radius 3 is 2.54 bits per heavy atom. The number of aromatic hydroxyl groups is 1. The highest BCUT2D eigenvalue weighted by Crippen LogP contribution is 2.37. The van der Waals surface area contributed by atoms with E-state index in [4.69, 9.17) is 10.00 Å². The fraction of sp³-hybridized carbons (Fsp3) is 0.0500. The molecule has 0 unspecified atom stereocenters. The Morgan fingerprint density at radius 1 is 1.11 bits per heavy atom. The van der Waals surface area contributed by atoms with Crippen molar-refractivity contribution in [3.63, 3.8) is 0 Å². The summed E-state index contributed by atoms with van der Waals surface area (Å²) in [5.41, 5.74) is 1.52. The number of benzene rings is 2. The van der Waals surface area contributed by atoms with E-state index >= 15 is 0 Å².